The van der Waals surface area contributed by atoms with Gasteiger partial charge in [0.1, 0.15) is 0 Å². The van der Waals surface area contributed by atoms with Gasteiger partial charge in [-0.2, -0.15) is 0 Å². The number of ether oxygens (including phenoxy) is 1. The van der Waals surface area contributed by atoms with Gasteiger partial charge in [-0.3, -0.25) is 10.7 Å². The van der Waals surface area contributed by atoms with Crippen molar-refractivity contribution in [2.45, 2.75) is 12.3 Å². The molecule has 0 spiro atoms. The van der Waals surface area contributed by atoms with Gasteiger partial charge in [0.05, 0.1) is 19.6 Å². The Hall–Kier alpha value is -2.97. The van der Waals surface area contributed by atoms with Crippen LogP contribution in [-0.2, 0) is 17.1 Å². The Morgan fingerprint density at radius 3 is 2.74 bits per heavy atom. The number of nitrogens with zero attached hydrogens (tertiary/aromatic N) is 4. The fourth-order valence-corrected chi connectivity index (χ4v) is 3.08. The second kappa shape index (κ2) is 7.73. The van der Waals surface area contributed by atoms with E-state index in [0.29, 0.717) is 12.5 Å². The first kappa shape index (κ1) is 17.4. The normalized spacial score (nSPS) is 22.1. The number of nitrogens with one attached hydrogen (secondary N) is 2. The van der Waals surface area contributed by atoms with E-state index in [1.807, 2.05) is 24.3 Å². The molecule has 1 atom stereocenters. The summed E-state index contributed by atoms with van der Waals surface area (Å²) in [7, 11) is 0. The highest BCUT2D eigenvalue weighted by molar-refractivity contribution is 5.89. The number of morpholine rings is 1. The van der Waals surface area contributed by atoms with Crippen LogP contribution in [0.15, 0.2) is 58.8 Å². The van der Waals surface area contributed by atoms with Crippen LogP contribution in [0.5, 0.6) is 0 Å². The summed E-state index contributed by atoms with van der Waals surface area (Å²) in [5.74, 6) is -0.569. The maximum atomic E-state index is 6.49. The standard InChI is InChI=1S/C19H23N7O/c20-19(16-3-5-17(6-4-16)26-8-10-27-11-9-26)24-14-23-18(25-19)22-13-15-2-1-7-21-12-15/h1-7,12,14H,8-11,13,20H2,(H2,22,23,24,25). The summed E-state index contributed by atoms with van der Waals surface area (Å²) in [6.45, 7) is 3.90. The third-order valence-corrected chi connectivity index (χ3v) is 4.61. The number of aromatic nitrogens is 1. The van der Waals surface area contributed by atoms with Crippen LogP contribution in [0.4, 0.5) is 5.69 Å². The van der Waals surface area contributed by atoms with Crippen molar-refractivity contribution in [1.82, 2.24) is 15.6 Å². The molecule has 4 rings (SSSR count). The molecule has 1 unspecified atom stereocenters. The van der Waals surface area contributed by atoms with Crippen LogP contribution < -0.4 is 21.3 Å². The maximum Gasteiger partial charge on any atom is 0.223 e. The molecule has 2 aromatic rings. The SMILES string of the molecule is NC1(c2ccc(N3CCOCC3)cc2)N=C(NCc2cccnc2)N=CN1. The first-order valence-corrected chi connectivity index (χ1v) is 8.98. The van der Waals surface area contributed by atoms with E-state index in [-0.39, 0.29) is 0 Å². The van der Waals surface area contributed by atoms with Gasteiger partial charge in [-0.05, 0) is 23.8 Å². The fourth-order valence-electron chi connectivity index (χ4n) is 3.08. The summed E-state index contributed by atoms with van der Waals surface area (Å²) >= 11 is 0. The van der Waals surface area contributed by atoms with Crippen molar-refractivity contribution in [3.05, 3.63) is 59.9 Å². The average Bonchev–Trinajstić information content (AvgIpc) is 2.74. The summed E-state index contributed by atoms with van der Waals surface area (Å²) in [6, 6.07) is 12.0. The Balaban J connectivity index is 1.46. The van der Waals surface area contributed by atoms with Crippen molar-refractivity contribution in [3.8, 4) is 0 Å². The molecule has 4 N–H and O–H groups in total. The van der Waals surface area contributed by atoms with Gasteiger partial charge in [-0.15, -0.1) is 0 Å². The molecule has 140 valence electrons. The minimum atomic E-state index is -1.05. The molecule has 1 aromatic carbocycles. The highest BCUT2D eigenvalue weighted by Gasteiger charge is 2.28. The molecular formula is C19H23N7O. The predicted molar refractivity (Wildman–Crippen MR) is 105 cm³/mol. The van der Waals surface area contributed by atoms with Gasteiger partial charge in [-0.25, -0.2) is 9.98 Å². The summed E-state index contributed by atoms with van der Waals surface area (Å²) in [4.78, 5) is 15.2. The number of hydrogen-bond donors (Lipinski definition) is 3. The lowest BCUT2D eigenvalue weighted by Gasteiger charge is -2.31. The molecule has 0 bridgehead atoms. The molecule has 0 saturated carbocycles. The van der Waals surface area contributed by atoms with Gasteiger partial charge in [0.2, 0.25) is 11.7 Å². The first-order chi connectivity index (χ1) is 13.2. The first-order valence-electron chi connectivity index (χ1n) is 8.98. The highest BCUT2D eigenvalue weighted by atomic mass is 16.5. The molecule has 1 aromatic heterocycles. The average molecular weight is 365 g/mol. The van der Waals surface area contributed by atoms with E-state index in [2.05, 4.69) is 42.6 Å². The number of rotatable bonds is 4. The van der Waals surface area contributed by atoms with E-state index in [1.165, 1.54) is 0 Å². The molecule has 0 amide bonds. The number of pyridine rings is 1. The van der Waals surface area contributed by atoms with Crippen LogP contribution >= 0.6 is 0 Å². The molecular weight excluding hydrogens is 342 g/mol. The third-order valence-electron chi connectivity index (χ3n) is 4.61. The molecule has 0 radical (unpaired) electrons. The second-order valence-electron chi connectivity index (χ2n) is 6.47. The Morgan fingerprint density at radius 2 is 2.00 bits per heavy atom. The zero-order valence-corrected chi connectivity index (χ0v) is 15.0. The van der Waals surface area contributed by atoms with Gasteiger partial charge in [0.15, 0.2) is 0 Å². The predicted octanol–water partition coefficient (Wildman–Crippen LogP) is 0.764. The van der Waals surface area contributed by atoms with Gasteiger partial charge < -0.3 is 20.3 Å². The number of guanidine groups is 1. The number of hydrogen-bond acceptors (Lipinski definition) is 8. The van der Waals surface area contributed by atoms with Crippen molar-refractivity contribution in [1.29, 1.82) is 0 Å². The van der Waals surface area contributed by atoms with E-state index in [0.717, 1.165) is 43.1 Å². The number of aliphatic imine (C=N–C) groups is 2. The lowest BCUT2D eigenvalue weighted by molar-refractivity contribution is 0.122. The van der Waals surface area contributed by atoms with Crippen molar-refractivity contribution < 1.29 is 4.74 Å². The summed E-state index contributed by atoms with van der Waals surface area (Å²) < 4.78 is 5.41. The minimum Gasteiger partial charge on any atom is -0.378 e. The molecule has 1 saturated heterocycles. The number of anilines is 1. The summed E-state index contributed by atoms with van der Waals surface area (Å²) in [6.07, 6.45) is 5.13. The van der Waals surface area contributed by atoms with E-state index in [1.54, 1.807) is 18.7 Å². The van der Waals surface area contributed by atoms with Crippen molar-refractivity contribution in [2.24, 2.45) is 15.7 Å². The van der Waals surface area contributed by atoms with E-state index < -0.39 is 5.79 Å². The van der Waals surface area contributed by atoms with Gasteiger partial charge in [-0.1, -0.05) is 18.2 Å². The third kappa shape index (κ3) is 4.07. The smallest absolute Gasteiger partial charge is 0.223 e. The molecule has 1 fully saturated rings. The molecule has 8 nitrogen and oxygen atoms in total. The fraction of sp³-hybridized carbons (Fsp3) is 0.316. The molecule has 8 heteroatoms. The lowest BCUT2D eigenvalue weighted by Crippen LogP contribution is -2.52. The molecule has 2 aliphatic rings. The highest BCUT2D eigenvalue weighted by Crippen LogP contribution is 2.23. The summed E-state index contributed by atoms with van der Waals surface area (Å²) in [5.41, 5.74) is 9.57. The van der Waals surface area contributed by atoms with E-state index in [9.17, 15) is 0 Å². The Labute approximate surface area is 158 Å². The second-order valence-corrected chi connectivity index (χ2v) is 6.47. The Bertz CT molecular complexity index is 816. The molecule has 27 heavy (non-hydrogen) atoms. The summed E-state index contributed by atoms with van der Waals surface area (Å²) in [5, 5.41) is 6.25. The van der Waals surface area contributed by atoms with Crippen LogP contribution in [0, 0.1) is 0 Å². The largest absolute Gasteiger partial charge is 0.378 e. The maximum absolute atomic E-state index is 6.49. The van der Waals surface area contributed by atoms with Crippen molar-refractivity contribution >= 4 is 18.0 Å². The van der Waals surface area contributed by atoms with Crippen LogP contribution in [-0.4, -0.2) is 43.6 Å². The quantitative estimate of drug-likeness (QED) is 0.740. The lowest BCUT2D eigenvalue weighted by atomic mass is 10.1. The van der Waals surface area contributed by atoms with E-state index >= 15 is 0 Å². The van der Waals surface area contributed by atoms with Crippen LogP contribution in [0.25, 0.3) is 0 Å². The molecule has 3 heterocycles. The van der Waals surface area contributed by atoms with Crippen LogP contribution in [0.1, 0.15) is 11.1 Å². The molecule has 2 aliphatic heterocycles. The van der Waals surface area contributed by atoms with Crippen LogP contribution in [0.2, 0.25) is 0 Å². The molecule has 0 aliphatic carbocycles. The number of benzene rings is 1. The zero-order chi connectivity index (χ0) is 18.5. The van der Waals surface area contributed by atoms with Crippen LogP contribution in [0.3, 0.4) is 0 Å². The topological polar surface area (TPSA) is 100 Å². The zero-order valence-electron chi connectivity index (χ0n) is 15.0. The van der Waals surface area contributed by atoms with Gasteiger partial charge in [0, 0.05) is 43.3 Å². The van der Waals surface area contributed by atoms with E-state index in [4.69, 9.17) is 10.5 Å². The number of nitrogens with two attached hydrogens (primary N) is 1. The minimum absolute atomic E-state index is 0.484. The van der Waals surface area contributed by atoms with Gasteiger partial charge in [0.25, 0.3) is 0 Å². The Morgan fingerprint density at radius 1 is 1.19 bits per heavy atom. The van der Waals surface area contributed by atoms with Gasteiger partial charge >= 0.3 is 0 Å². The van der Waals surface area contributed by atoms with Crippen molar-refractivity contribution in [2.75, 3.05) is 31.2 Å². The van der Waals surface area contributed by atoms with Crippen molar-refractivity contribution in [3.63, 3.8) is 0 Å². The monoisotopic (exact) mass is 365 g/mol. The Kier molecular flexibility index (Phi) is 4.99.